The predicted molar refractivity (Wildman–Crippen MR) is 165 cm³/mol. The molecular formula is C37H23NO2. The number of furan rings is 2. The highest BCUT2D eigenvalue weighted by Gasteiger charge is 2.19. The van der Waals surface area contributed by atoms with Gasteiger partial charge in [-0.05, 0) is 41.5 Å². The second kappa shape index (κ2) is 8.11. The van der Waals surface area contributed by atoms with Crippen LogP contribution in [0.25, 0.3) is 71.4 Å². The minimum Gasteiger partial charge on any atom is -0.456 e. The largest absolute Gasteiger partial charge is 0.456 e. The first-order valence-corrected chi connectivity index (χ1v) is 13.7. The zero-order chi connectivity index (χ0) is 26.2. The van der Waals surface area contributed by atoms with Gasteiger partial charge in [-0.2, -0.15) is 0 Å². The number of para-hydroxylation sites is 4. The Hall–Kier alpha value is -5.28. The summed E-state index contributed by atoms with van der Waals surface area (Å²) in [5.41, 5.74) is 9.42. The maximum atomic E-state index is 6.70. The summed E-state index contributed by atoms with van der Waals surface area (Å²) in [6.45, 7) is 0. The predicted octanol–water partition coefficient (Wildman–Crippen LogP) is 10.2. The Balaban J connectivity index is 1.29. The molecule has 0 radical (unpaired) electrons. The summed E-state index contributed by atoms with van der Waals surface area (Å²) in [6.07, 6.45) is 0.833. The Bertz CT molecular complexity index is 2350. The minimum atomic E-state index is 0.833. The van der Waals surface area contributed by atoms with E-state index < -0.39 is 0 Å². The van der Waals surface area contributed by atoms with Crippen LogP contribution in [0.4, 0.5) is 0 Å². The summed E-state index contributed by atoms with van der Waals surface area (Å²) < 4.78 is 15.6. The molecule has 9 aromatic rings. The molecule has 3 nitrogen and oxygen atoms in total. The van der Waals surface area contributed by atoms with E-state index in [9.17, 15) is 0 Å². The minimum absolute atomic E-state index is 0.833. The molecule has 0 fully saturated rings. The van der Waals surface area contributed by atoms with Gasteiger partial charge in [-0.15, -0.1) is 0 Å². The van der Waals surface area contributed by atoms with Crippen molar-refractivity contribution in [1.82, 2.24) is 4.57 Å². The summed E-state index contributed by atoms with van der Waals surface area (Å²) in [6, 6.07) is 44.9. The van der Waals surface area contributed by atoms with Gasteiger partial charge in [0.2, 0.25) is 0 Å². The molecule has 0 aliphatic heterocycles. The first kappa shape index (κ1) is 21.6. The Morgan fingerprint density at radius 3 is 1.70 bits per heavy atom. The topological polar surface area (TPSA) is 31.2 Å². The van der Waals surface area contributed by atoms with E-state index in [4.69, 9.17) is 8.83 Å². The molecule has 3 aromatic heterocycles. The average Bonchev–Trinajstić information content (AvgIpc) is 3.66. The highest BCUT2D eigenvalue weighted by molar-refractivity contribution is 6.17. The number of aromatic nitrogens is 1. The Kier molecular flexibility index (Phi) is 4.39. The number of hydrogen-bond acceptors (Lipinski definition) is 2. The van der Waals surface area contributed by atoms with Gasteiger partial charge in [-0.25, -0.2) is 0 Å². The molecule has 0 amide bonds. The van der Waals surface area contributed by atoms with Crippen molar-refractivity contribution < 1.29 is 8.83 Å². The zero-order valence-corrected chi connectivity index (χ0v) is 21.6. The summed E-state index contributed by atoms with van der Waals surface area (Å²) >= 11 is 0. The van der Waals surface area contributed by atoms with Gasteiger partial charge in [0.15, 0.2) is 5.58 Å². The van der Waals surface area contributed by atoms with Crippen LogP contribution in [0.2, 0.25) is 0 Å². The van der Waals surface area contributed by atoms with Gasteiger partial charge in [0, 0.05) is 38.7 Å². The van der Waals surface area contributed by atoms with Gasteiger partial charge in [0.25, 0.3) is 0 Å². The van der Waals surface area contributed by atoms with Crippen molar-refractivity contribution in [2.24, 2.45) is 0 Å². The van der Waals surface area contributed by atoms with Crippen LogP contribution >= 0.6 is 0 Å². The van der Waals surface area contributed by atoms with Crippen molar-refractivity contribution in [3.8, 4) is 5.69 Å². The van der Waals surface area contributed by atoms with Crippen LogP contribution in [0, 0.1) is 0 Å². The number of rotatable bonds is 3. The maximum absolute atomic E-state index is 6.70. The van der Waals surface area contributed by atoms with E-state index in [0.717, 1.165) is 56.0 Å². The lowest BCUT2D eigenvalue weighted by Gasteiger charge is -2.08. The molecule has 40 heavy (non-hydrogen) atoms. The van der Waals surface area contributed by atoms with Gasteiger partial charge >= 0.3 is 0 Å². The standard InChI is InChI=1S/C37H23NO2/c1-2-10-23(11-3-1)20-24-12-8-15-27-29-21-35-30(22-34(29)39-36(24)27)28-16-9-19-33(37(28)40-35)38-31-17-6-4-13-25(31)26-14-5-7-18-32(26)38/h1-19,21-22H,20H2. The average molecular weight is 514 g/mol. The lowest BCUT2D eigenvalue weighted by atomic mass is 10.0. The molecule has 6 aromatic carbocycles. The fourth-order valence-electron chi connectivity index (χ4n) is 6.44. The third-order valence-corrected chi connectivity index (χ3v) is 8.24. The molecule has 0 N–H and O–H groups in total. The third kappa shape index (κ3) is 3.00. The number of fused-ring (bicyclic) bond motifs is 9. The smallest absolute Gasteiger partial charge is 0.159 e. The lowest BCUT2D eigenvalue weighted by Crippen LogP contribution is -1.93. The second-order valence-corrected chi connectivity index (χ2v) is 10.5. The van der Waals surface area contributed by atoms with Crippen LogP contribution in [0.5, 0.6) is 0 Å². The molecule has 0 saturated heterocycles. The van der Waals surface area contributed by atoms with Crippen molar-refractivity contribution in [3.05, 3.63) is 139 Å². The SMILES string of the molecule is c1ccc(Cc2cccc3c2oc2cc4c(cc23)oc2c(-n3c5ccccc5c5ccccc53)cccc24)cc1. The second-order valence-electron chi connectivity index (χ2n) is 10.5. The van der Waals surface area contributed by atoms with Crippen molar-refractivity contribution in [2.45, 2.75) is 6.42 Å². The van der Waals surface area contributed by atoms with Crippen LogP contribution in [0.3, 0.4) is 0 Å². The van der Waals surface area contributed by atoms with Crippen LogP contribution in [-0.4, -0.2) is 4.57 Å². The lowest BCUT2D eigenvalue weighted by molar-refractivity contribution is 0.660. The molecule has 0 aliphatic rings. The number of nitrogens with zero attached hydrogens (tertiary/aromatic N) is 1. The van der Waals surface area contributed by atoms with Crippen molar-refractivity contribution >= 4 is 65.7 Å². The van der Waals surface area contributed by atoms with E-state index in [0.29, 0.717) is 0 Å². The number of benzene rings is 6. The molecule has 0 bridgehead atoms. The maximum Gasteiger partial charge on any atom is 0.159 e. The Labute approximate surface area is 229 Å². The van der Waals surface area contributed by atoms with Gasteiger partial charge in [0.05, 0.1) is 16.7 Å². The molecule has 0 unspecified atom stereocenters. The van der Waals surface area contributed by atoms with Gasteiger partial charge in [-0.3, -0.25) is 0 Å². The normalized spacial score (nSPS) is 12.1. The summed E-state index contributed by atoms with van der Waals surface area (Å²) in [5.74, 6) is 0. The van der Waals surface area contributed by atoms with E-state index >= 15 is 0 Å². The molecular weight excluding hydrogens is 490 g/mol. The first-order valence-electron chi connectivity index (χ1n) is 13.7. The summed E-state index contributed by atoms with van der Waals surface area (Å²) in [5, 5.41) is 6.82. The highest BCUT2D eigenvalue weighted by atomic mass is 16.3. The fraction of sp³-hybridized carbons (Fsp3) is 0.0270. The van der Waals surface area contributed by atoms with Crippen LogP contribution in [0.1, 0.15) is 11.1 Å². The monoisotopic (exact) mass is 513 g/mol. The van der Waals surface area contributed by atoms with E-state index in [1.807, 2.05) is 0 Å². The van der Waals surface area contributed by atoms with Crippen molar-refractivity contribution in [1.29, 1.82) is 0 Å². The molecule has 0 saturated carbocycles. The van der Waals surface area contributed by atoms with E-state index in [-0.39, 0.29) is 0 Å². The summed E-state index contributed by atoms with van der Waals surface area (Å²) in [4.78, 5) is 0. The number of hydrogen-bond donors (Lipinski definition) is 0. The molecule has 9 rings (SSSR count). The Morgan fingerprint density at radius 1 is 0.450 bits per heavy atom. The Morgan fingerprint density at radius 2 is 1.00 bits per heavy atom. The van der Waals surface area contributed by atoms with Gasteiger partial charge in [-0.1, -0.05) is 97.1 Å². The van der Waals surface area contributed by atoms with Crippen LogP contribution in [-0.2, 0) is 6.42 Å². The van der Waals surface area contributed by atoms with E-state index in [1.165, 1.54) is 32.9 Å². The van der Waals surface area contributed by atoms with Gasteiger partial charge in [0.1, 0.15) is 16.7 Å². The molecule has 0 spiro atoms. The van der Waals surface area contributed by atoms with Gasteiger partial charge < -0.3 is 13.4 Å². The molecule has 0 aliphatic carbocycles. The third-order valence-electron chi connectivity index (χ3n) is 8.24. The van der Waals surface area contributed by atoms with Crippen molar-refractivity contribution in [2.75, 3.05) is 0 Å². The molecule has 188 valence electrons. The fourth-order valence-corrected chi connectivity index (χ4v) is 6.44. The van der Waals surface area contributed by atoms with Crippen LogP contribution in [0.15, 0.2) is 136 Å². The van der Waals surface area contributed by atoms with E-state index in [2.05, 4.69) is 132 Å². The van der Waals surface area contributed by atoms with Crippen LogP contribution < -0.4 is 0 Å². The summed E-state index contributed by atoms with van der Waals surface area (Å²) in [7, 11) is 0. The quantitative estimate of drug-likeness (QED) is 0.235. The zero-order valence-electron chi connectivity index (χ0n) is 21.6. The van der Waals surface area contributed by atoms with E-state index in [1.54, 1.807) is 0 Å². The van der Waals surface area contributed by atoms with Crippen molar-refractivity contribution in [3.63, 3.8) is 0 Å². The highest BCUT2D eigenvalue weighted by Crippen LogP contribution is 2.41. The molecule has 3 heterocycles. The molecule has 0 atom stereocenters. The first-order chi connectivity index (χ1) is 19.8. The molecule has 3 heteroatoms.